The average molecular weight is 234 g/mol. The van der Waals surface area contributed by atoms with E-state index in [4.69, 9.17) is 0 Å². The fourth-order valence-electron chi connectivity index (χ4n) is 1.33. The van der Waals surface area contributed by atoms with Gasteiger partial charge in [0.05, 0.1) is 5.69 Å². The third kappa shape index (κ3) is 2.77. The first-order valence-electron chi connectivity index (χ1n) is 5.00. The number of hydrogen-bond donors (Lipinski definition) is 3. The average Bonchev–Trinajstić information content (AvgIpc) is 2.33. The normalized spacial score (nSPS) is 14.8. The highest BCUT2D eigenvalue weighted by atomic mass is 16.2. The van der Waals surface area contributed by atoms with Crippen LogP contribution in [0.15, 0.2) is 28.2 Å². The Kier molecular flexibility index (Phi) is 2.99. The lowest BCUT2D eigenvalue weighted by Gasteiger charge is -2.11. The zero-order chi connectivity index (χ0) is 12.3. The Hall–Kier alpha value is -2.44. The standard InChI is InChI=1S/C10H10N4O3/c15-8-3-1-6(5-11-8)12-10(17)7-2-4-9(16)14-13-7/h1,3,5H,2,4H2,(H,11,15)(H,12,17)(H,14,16). The number of hydrazone groups is 1. The Morgan fingerprint density at radius 1 is 1.29 bits per heavy atom. The van der Waals surface area contributed by atoms with Crippen molar-refractivity contribution in [1.82, 2.24) is 10.4 Å². The molecule has 7 nitrogen and oxygen atoms in total. The van der Waals surface area contributed by atoms with E-state index in [1.807, 2.05) is 0 Å². The Bertz CT molecular complexity index is 526. The number of nitrogens with zero attached hydrogens (tertiary/aromatic N) is 1. The third-order valence-corrected chi connectivity index (χ3v) is 2.21. The molecular weight excluding hydrogens is 224 g/mol. The Morgan fingerprint density at radius 3 is 2.71 bits per heavy atom. The molecule has 7 heteroatoms. The SMILES string of the molecule is O=C1CCC(C(=O)Nc2ccc(=O)[nH]c2)=NN1. The molecule has 0 spiro atoms. The molecule has 88 valence electrons. The fraction of sp³-hybridized carbons (Fsp3) is 0.200. The molecule has 2 heterocycles. The van der Waals surface area contributed by atoms with E-state index < -0.39 is 5.91 Å². The van der Waals surface area contributed by atoms with Crippen molar-refractivity contribution >= 4 is 23.2 Å². The number of anilines is 1. The van der Waals surface area contributed by atoms with Crippen LogP contribution in [-0.2, 0) is 9.59 Å². The van der Waals surface area contributed by atoms with Crippen molar-refractivity contribution in [2.24, 2.45) is 5.10 Å². The molecule has 0 fully saturated rings. The number of nitrogens with one attached hydrogen (secondary N) is 3. The Labute approximate surface area is 95.9 Å². The van der Waals surface area contributed by atoms with Crippen molar-refractivity contribution in [2.75, 3.05) is 5.32 Å². The smallest absolute Gasteiger partial charge is 0.271 e. The summed E-state index contributed by atoms with van der Waals surface area (Å²) in [6, 6.07) is 2.79. The summed E-state index contributed by atoms with van der Waals surface area (Å²) in [6.07, 6.45) is 1.95. The van der Waals surface area contributed by atoms with Gasteiger partial charge in [-0.1, -0.05) is 0 Å². The van der Waals surface area contributed by atoms with E-state index in [9.17, 15) is 14.4 Å². The molecule has 0 bridgehead atoms. The Balaban J connectivity index is 2.04. The molecule has 1 aromatic rings. The largest absolute Gasteiger partial charge is 0.327 e. The number of hydrogen-bond acceptors (Lipinski definition) is 4. The lowest BCUT2D eigenvalue weighted by molar-refractivity contribution is -0.121. The van der Waals surface area contributed by atoms with Crippen LogP contribution in [-0.4, -0.2) is 22.5 Å². The predicted molar refractivity (Wildman–Crippen MR) is 60.5 cm³/mol. The molecule has 2 amide bonds. The summed E-state index contributed by atoms with van der Waals surface area (Å²) in [4.78, 5) is 35.8. The van der Waals surface area contributed by atoms with Crippen molar-refractivity contribution in [3.05, 3.63) is 28.7 Å². The number of pyridine rings is 1. The molecule has 17 heavy (non-hydrogen) atoms. The number of carbonyl (C=O) groups excluding carboxylic acids is 2. The van der Waals surface area contributed by atoms with Crippen molar-refractivity contribution in [3.8, 4) is 0 Å². The van der Waals surface area contributed by atoms with Gasteiger partial charge in [-0.3, -0.25) is 14.4 Å². The minimum absolute atomic E-state index is 0.203. The van der Waals surface area contributed by atoms with Crippen LogP contribution in [0, 0.1) is 0 Å². The van der Waals surface area contributed by atoms with Gasteiger partial charge in [0.15, 0.2) is 0 Å². The number of rotatable bonds is 2. The van der Waals surface area contributed by atoms with Gasteiger partial charge in [-0.05, 0) is 6.07 Å². The minimum Gasteiger partial charge on any atom is -0.327 e. The molecule has 2 rings (SSSR count). The molecular formula is C10H10N4O3. The summed E-state index contributed by atoms with van der Waals surface area (Å²) < 4.78 is 0. The topological polar surface area (TPSA) is 103 Å². The quantitative estimate of drug-likeness (QED) is 0.647. The summed E-state index contributed by atoms with van der Waals surface area (Å²) >= 11 is 0. The summed E-state index contributed by atoms with van der Waals surface area (Å²) in [5, 5.41) is 6.22. The number of carbonyl (C=O) groups is 2. The van der Waals surface area contributed by atoms with Crippen LogP contribution in [0.25, 0.3) is 0 Å². The van der Waals surface area contributed by atoms with Crippen LogP contribution in [0.5, 0.6) is 0 Å². The van der Waals surface area contributed by atoms with E-state index in [1.54, 1.807) is 0 Å². The maximum Gasteiger partial charge on any atom is 0.271 e. The molecule has 0 atom stereocenters. The third-order valence-electron chi connectivity index (χ3n) is 2.21. The van der Waals surface area contributed by atoms with Crippen LogP contribution in [0.2, 0.25) is 0 Å². The van der Waals surface area contributed by atoms with Gasteiger partial charge in [-0.2, -0.15) is 5.10 Å². The van der Waals surface area contributed by atoms with Gasteiger partial charge in [-0.25, -0.2) is 5.43 Å². The van der Waals surface area contributed by atoms with Crippen molar-refractivity contribution in [1.29, 1.82) is 0 Å². The monoisotopic (exact) mass is 234 g/mol. The number of aromatic nitrogens is 1. The minimum atomic E-state index is -0.392. The van der Waals surface area contributed by atoms with E-state index in [2.05, 4.69) is 20.8 Å². The zero-order valence-corrected chi connectivity index (χ0v) is 8.82. The maximum absolute atomic E-state index is 11.7. The predicted octanol–water partition coefficient (Wildman–Crippen LogP) is -0.421. The highest BCUT2D eigenvalue weighted by Gasteiger charge is 2.18. The molecule has 0 radical (unpaired) electrons. The highest BCUT2D eigenvalue weighted by molar-refractivity contribution is 6.43. The van der Waals surface area contributed by atoms with E-state index in [0.29, 0.717) is 12.1 Å². The molecule has 0 aromatic carbocycles. The van der Waals surface area contributed by atoms with Crippen molar-refractivity contribution < 1.29 is 9.59 Å². The second-order valence-corrected chi connectivity index (χ2v) is 3.49. The van der Waals surface area contributed by atoms with E-state index >= 15 is 0 Å². The van der Waals surface area contributed by atoms with Crippen LogP contribution in [0.4, 0.5) is 5.69 Å². The summed E-state index contributed by atoms with van der Waals surface area (Å²) in [7, 11) is 0. The summed E-state index contributed by atoms with van der Waals surface area (Å²) in [6.45, 7) is 0. The second kappa shape index (κ2) is 4.60. The summed E-state index contributed by atoms with van der Waals surface area (Å²) in [5.74, 6) is -0.595. The maximum atomic E-state index is 11.7. The lowest BCUT2D eigenvalue weighted by atomic mass is 10.1. The van der Waals surface area contributed by atoms with Crippen molar-refractivity contribution in [3.63, 3.8) is 0 Å². The zero-order valence-electron chi connectivity index (χ0n) is 8.82. The number of amides is 2. The molecule has 1 aliphatic rings. The first-order valence-corrected chi connectivity index (χ1v) is 5.00. The van der Waals surface area contributed by atoms with Gasteiger partial charge < -0.3 is 10.3 Å². The molecule has 1 aromatic heterocycles. The highest BCUT2D eigenvalue weighted by Crippen LogP contribution is 2.05. The van der Waals surface area contributed by atoms with Gasteiger partial charge in [0.1, 0.15) is 5.71 Å². The van der Waals surface area contributed by atoms with Gasteiger partial charge in [-0.15, -0.1) is 0 Å². The van der Waals surface area contributed by atoms with Gasteiger partial charge >= 0.3 is 0 Å². The lowest BCUT2D eigenvalue weighted by Crippen LogP contribution is -2.32. The van der Waals surface area contributed by atoms with Crippen LogP contribution >= 0.6 is 0 Å². The first-order chi connectivity index (χ1) is 8.15. The van der Waals surface area contributed by atoms with E-state index in [0.717, 1.165) is 0 Å². The van der Waals surface area contributed by atoms with Crippen LogP contribution < -0.4 is 16.3 Å². The van der Waals surface area contributed by atoms with Gasteiger partial charge in [0.25, 0.3) is 5.91 Å². The fourth-order valence-corrected chi connectivity index (χ4v) is 1.33. The van der Waals surface area contributed by atoms with E-state index in [-0.39, 0.29) is 23.6 Å². The first kappa shape index (κ1) is 11.1. The number of H-pyrrole nitrogens is 1. The van der Waals surface area contributed by atoms with Crippen molar-refractivity contribution in [2.45, 2.75) is 12.8 Å². The molecule has 0 saturated heterocycles. The van der Waals surface area contributed by atoms with Gasteiger partial charge in [0, 0.05) is 25.1 Å². The molecule has 0 saturated carbocycles. The molecule has 0 aliphatic carbocycles. The Morgan fingerprint density at radius 2 is 2.12 bits per heavy atom. The molecule has 0 unspecified atom stereocenters. The molecule has 1 aliphatic heterocycles. The molecule has 3 N–H and O–H groups in total. The number of aromatic amines is 1. The van der Waals surface area contributed by atoms with E-state index in [1.165, 1.54) is 18.3 Å². The van der Waals surface area contributed by atoms with Gasteiger partial charge in [0.2, 0.25) is 11.5 Å². The second-order valence-electron chi connectivity index (χ2n) is 3.49. The summed E-state index contributed by atoms with van der Waals surface area (Å²) in [5.41, 5.74) is 2.72. The van der Waals surface area contributed by atoms with Crippen LogP contribution in [0.3, 0.4) is 0 Å². The van der Waals surface area contributed by atoms with Crippen LogP contribution in [0.1, 0.15) is 12.8 Å².